The minimum atomic E-state index is -0.566. The van der Waals surface area contributed by atoms with Gasteiger partial charge in [-0.25, -0.2) is 0 Å². The molecule has 0 unspecified atom stereocenters. The summed E-state index contributed by atoms with van der Waals surface area (Å²) >= 11 is 0. The number of hydrogen-bond donors (Lipinski definition) is 2. The van der Waals surface area contributed by atoms with E-state index in [-0.39, 0.29) is 17.1 Å². The molecule has 0 aliphatic rings. The Morgan fingerprint density at radius 1 is 1.24 bits per heavy atom. The number of nitrogens with zero attached hydrogens (tertiary/aromatic N) is 3. The van der Waals surface area contributed by atoms with E-state index in [0.717, 1.165) is 5.69 Å². The molecular weight excluding hydrogens is 374 g/mol. The fourth-order valence-electron chi connectivity index (χ4n) is 3.11. The Hall–Kier alpha value is -3.46. The average molecular weight is 397 g/mol. The van der Waals surface area contributed by atoms with Crippen LogP contribution in [0.4, 0.5) is 5.95 Å². The number of aromatic amines is 1. The number of anilines is 1. The highest BCUT2D eigenvalue weighted by molar-refractivity contribution is 6.04. The molecular formula is C20H23N5O4. The van der Waals surface area contributed by atoms with Crippen LogP contribution in [0.2, 0.25) is 0 Å². The maximum Gasteiger partial charge on any atom is 0.263 e. The van der Waals surface area contributed by atoms with Gasteiger partial charge in [-0.2, -0.15) is 4.98 Å². The predicted octanol–water partition coefficient (Wildman–Crippen LogP) is 2.16. The number of nitrogens with one attached hydrogen (secondary N) is 2. The molecule has 1 amide bonds. The molecule has 2 N–H and O–H groups in total. The lowest BCUT2D eigenvalue weighted by Gasteiger charge is -2.13. The number of para-hydroxylation sites is 1. The van der Waals surface area contributed by atoms with Crippen molar-refractivity contribution in [3.05, 3.63) is 57.5 Å². The van der Waals surface area contributed by atoms with Crippen LogP contribution < -0.4 is 15.6 Å². The molecule has 2 aromatic heterocycles. The molecule has 152 valence electrons. The molecule has 9 heteroatoms. The maximum atomic E-state index is 12.8. The Kier molecular flexibility index (Phi) is 6.08. The molecule has 3 rings (SSSR count). The third kappa shape index (κ3) is 4.19. The largest absolute Gasteiger partial charge is 0.496 e. The number of aryl methyl sites for hydroxylation is 2. The molecule has 2 heterocycles. The predicted molar refractivity (Wildman–Crippen MR) is 108 cm³/mol. The first kappa shape index (κ1) is 20.3. The Morgan fingerprint density at radius 3 is 2.72 bits per heavy atom. The van der Waals surface area contributed by atoms with Gasteiger partial charge in [-0.3, -0.25) is 20.0 Å². The highest BCUT2D eigenvalue weighted by atomic mass is 16.5. The van der Waals surface area contributed by atoms with E-state index < -0.39 is 5.91 Å². The van der Waals surface area contributed by atoms with Crippen molar-refractivity contribution in [3.8, 4) is 17.1 Å². The van der Waals surface area contributed by atoms with Crippen LogP contribution >= 0.6 is 0 Å². The van der Waals surface area contributed by atoms with Crippen LogP contribution in [-0.4, -0.2) is 46.5 Å². The van der Waals surface area contributed by atoms with Crippen molar-refractivity contribution >= 4 is 11.9 Å². The van der Waals surface area contributed by atoms with Gasteiger partial charge in [0.1, 0.15) is 11.3 Å². The van der Waals surface area contributed by atoms with Crippen LogP contribution in [0.3, 0.4) is 0 Å². The summed E-state index contributed by atoms with van der Waals surface area (Å²) in [6.07, 6.45) is 0. The van der Waals surface area contributed by atoms with Gasteiger partial charge in [0.2, 0.25) is 5.95 Å². The highest BCUT2D eigenvalue weighted by Crippen LogP contribution is 2.27. The molecule has 0 aliphatic carbocycles. The normalized spacial score (nSPS) is 10.8. The van der Waals surface area contributed by atoms with Gasteiger partial charge in [-0.05, 0) is 37.6 Å². The highest BCUT2D eigenvalue weighted by Gasteiger charge is 2.19. The minimum Gasteiger partial charge on any atom is -0.496 e. The summed E-state index contributed by atoms with van der Waals surface area (Å²) in [5.74, 6) is 0.566. The average Bonchev–Trinajstić information content (AvgIpc) is 3.15. The lowest BCUT2D eigenvalue weighted by atomic mass is 10.1. The number of rotatable bonds is 7. The number of aromatic nitrogens is 4. The van der Waals surface area contributed by atoms with Crippen molar-refractivity contribution in [2.45, 2.75) is 20.4 Å². The van der Waals surface area contributed by atoms with E-state index in [0.29, 0.717) is 35.9 Å². The van der Waals surface area contributed by atoms with Gasteiger partial charge in [0.05, 0.1) is 19.3 Å². The van der Waals surface area contributed by atoms with Gasteiger partial charge >= 0.3 is 0 Å². The molecule has 29 heavy (non-hydrogen) atoms. The third-order valence-electron chi connectivity index (χ3n) is 4.52. The number of carbonyl (C=O) groups excluding carboxylic acids is 1. The summed E-state index contributed by atoms with van der Waals surface area (Å²) in [6.45, 7) is 4.27. The van der Waals surface area contributed by atoms with Crippen molar-refractivity contribution in [1.82, 2.24) is 19.7 Å². The summed E-state index contributed by atoms with van der Waals surface area (Å²) in [5.41, 5.74) is 1.72. The zero-order valence-corrected chi connectivity index (χ0v) is 16.8. The van der Waals surface area contributed by atoms with Gasteiger partial charge in [0, 0.05) is 19.3 Å². The fourth-order valence-corrected chi connectivity index (χ4v) is 3.11. The SMILES string of the molecule is COCCn1c(C)cc(C)c(C(=O)Nc2n[nH]c(-c3ccccc3OC)n2)c1=O. The second kappa shape index (κ2) is 8.70. The minimum absolute atomic E-state index is 0.0512. The second-order valence-corrected chi connectivity index (χ2v) is 6.46. The Bertz CT molecular complexity index is 1090. The van der Waals surface area contributed by atoms with Crippen molar-refractivity contribution < 1.29 is 14.3 Å². The molecule has 3 aromatic rings. The molecule has 0 fully saturated rings. The van der Waals surface area contributed by atoms with Crippen LogP contribution in [0.25, 0.3) is 11.4 Å². The summed E-state index contributed by atoms with van der Waals surface area (Å²) in [7, 11) is 3.12. The Labute approximate surface area is 167 Å². The van der Waals surface area contributed by atoms with E-state index in [1.165, 1.54) is 4.57 Å². The summed E-state index contributed by atoms with van der Waals surface area (Å²) in [5, 5.41) is 9.40. The van der Waals surface area contributed by atoms with E-state index in [4.69, 9.17) is 9.47 Å². The van der Waals surface area contributed by atoms with Crippen LogP contribution in [-0.2, 0) is 11.3 Å². The molecule has 0 spiro atoms. The zero-order valence-electron chi connectivity index (χ0n) is 16.8. The molecule has 0 bridgehead atoms. The van der Waals surface area contributed by atoms with Gasteiger partial charge < -0.3 is 14.0 Å². The Morgan fingerprint density at radius 2 is 2.00 bits per heavy atom. The second-order valence-electron chi connectivity index (χ2n) is 6.46. The summed E-state index contributed by atoms with van der Waals surface area (Å²) < 4.78 is 11.9. The Balaban J connectivity index is 1.88. The van der Waals surface area contributed by atoms with Gasteiger partial charge in [-0.1, -0.05) is 12.1 Å². The molecule has 0 saturated carbocycles. The van der Waals surface area contributed by atoms with E-state index in [9.17, 15) is 9.59 Å². The smallest absolute Gasteiger partial charge is 0.263 e. The summed E-state index contributed by atoms with van der Waals surface area (Å²) in [4.78, 5) is 29.9. The van der Waals surface area contributed by atoms with Crippen molar-refractivity contribution in [2.75, 3.05) is 26.1 Å². The number of pyridine rings is 1. The fraction of sp³-hybridized carbons (Fsp3) is 0.300. The molecule has 9 nitrogen and oxygen atoms in total. The van der Waals surface area contributed by atoms with Crippen molar-refractivity contribution in [1.29, 1.82) is 0 Å². The molecule has 0 aliphatic heterocycles. The molecule has 0 saturated heterocycles. The standard InChI is InChI=1S/C20H23N5O4/c1-12-11-13(2)25(9-10-28-3)19(27)16(12)18(26)22-20-21-17(23-24-20)14-7-5-6-8-15(14)29-4/h5-8,11H,9-10H2,1-4H3,(H2,21,22,23,24,26). The van der Waals surface area contributed by atoms with E-state index in [2.05, 4.69) is 20.5 Å². The van der Waals surface area contributed by atoms with Crippen LogP contribution in [0.1, 0.15) is 21.6 Å². The first-order chi connectivity index (χ1) is 14.0. The third-order valence-corrected chi connectivity index (χ3v) is 4.52. The number of ether oxygens (including phenoxy) is 2. The first-order valence-electron chi connectivity index (χ1n) is 9.03. The number of hydrogen-bond acceptors (Lipinski definition) is 6. The maximum absolute atomic E-state index is 12.8. The molecule has 0 atom stereocenters. The van der Waals surface area contributed by atoms with E-state index in [1.54, 1.807) is 33.3 Å². The van der Waals surface area contributed by atoms with Crippen LogP contribution in [0.15, 0.2) is 35.1 Å². The quantitative estimate of drug-likeness (QED) is 0.632. The lowest BCUT2D eigenvalue weighted by molar-refractivity contribution is 0.102. The monoisotopic (exact) mass is 397 g/mol. The molecule has 0 radical (unpaired) electrons. The molecule has 1 aromatic carbocycles. The number of benzene rings is 1. The summed E-state index contributed by atoms with van der Waals surface area (Å²) in [6, 6.07) is 9.11. The topological polar surface area (TPSA) is 111 Å². The number of methoxy groups -OCH3 is 2. The number of amides is 1. The van der Waals surface area contributed by atoms with E-state index in [1.807, 2.05) is 25.1 Å². The van der Waals surface area contributed by atoms with Crippen molar-refractivity contribution in [2.24, 2.45) is 0 Å². The van der Waals surface area contributed by atoms with Crippen molar-refractivity contribution in [3.63, 3.8) is 0 Å². The van der Waals surface area contributed by atoms with Crippen LogP contribution in [0, 0.1) is 13.8 Å². The number of H-pyrrole nitrogens is 1. The zero-order chi connectivity index (χ0) is 21.0. The van der Waals surface area contributed by atoms with Gasteiger partial charge in [-0.15, -0.1) is 5.10 Å². The van der Waals surface area contributed by atoms with Crippen LogP contribution in [0.5, 0.6) is 5.75 Å². The number of carbonyl (C=O) groups is 1. The van der Waals surface area contributed by atoms with E-state index >= 15 is 0 Å². The van der Waals surface area contributed by atoms with Gasteiger partial charge in [0.25, 0.3) is 11.5 Å². The van der Waals surface area contributed by atoms with Gasteiger partial charge in [0.15, 0.2) is 5.82 Å². The first-order valence-corrected chi connectivity index (χ1v) is 9.03. The lowest BCUT2D eigenvalue weighted by Crippen LogP contribution is -2.33.